The van der Waals surface area contributed by atoms with Crippen molar-refractivity contribution in [2.45, 2.75) is 25.3 Å². The second-order valence-corrected chi connectivity index (χ2v) is 5.70. The van der Waals surface area contributed by atoms with Gasteiger partial charge in [-0.05, 0) is 57.1 Å². The fourth-order valence-corrected chi connectivity index (χ4v) is 2.99. The summed E-state index contributed by atoms with van der Waals surface area (Å²) in [6.45, 7) is 0. The van der Waals surface area contributed by atoms with E-state index >= 15 is 0 Å². The molecular weight excluding hydrogens is 246 g/mol. The van der Waals surface area contributed by atoms with E-state index in [0.29, 0.717) is 6.04 Å². The van der Waals surface area contributed by atoms with E-state index in [2.05, 4.69) is 42.3 Å². The number of allylic oxidation sites excluding steroid dienone is 1. The van der Waals surface area contributed by atoms with Crippen LogP contribution >= 0.6 is 0 Å². The Morgan fingerprint density at radius 3 is 2.85 bits per heavy atom. The highest BCUT2D eigenvalue weighted by Gasteiger charge is 2.18. The van der Waals surface area contributed by atoms with Crippen molar-refractivity contribution in [1.29, 1.82) is 5.26 Å². The van der Waals surface area contributed by atoms with Crippen LogP contribution in [0.15, 0.2) is 30.5 Å². The molecule has 3 rings (SSSR count). The van der Waals surface area contributed by atoms with E-state index in [1.807, 2.05) is 18.2 Å². The lowest BCUT2D eigenvalue weighted by atomic mass is 9.90. The standard InChI is InChI=1S/C17H19N3/c1-20(2)14-6-4-13(5-7-14)16-11-19-17-8-3-12(10-18)9-15(16)17/h3-4,8-9,11,14,19H,5-7H2,1-2H3/t14-/m0/s1. The Kier molecular flexibility index (Phi) is 3.33. The minimum atomic E-state index is 0.652. The fraction of sp³-hybridized carbons (Fsp3) is 0.353. The molecule has 0 saturated carbocycles. The van der Waals surface area contributed by atoms with Crippen LogP contribution in [0.1, 0.15) is 30.4 Å². The van der Waals surface area contributed by atoms with Crippen LogP contribution in [0.25, 0.3) is 16.5 Å². The molecule has 0 aliphatic heterocycles. The Hall–Kier alpha value is -2.05. The lowest BCUT2D eigenvalue weighted by Crippen LogP contribution is -2.28. The Morgan fingerprint density at radius 2 is 2.20 bits per heavy atom. The average molecular weight is 265 g/mol. The first kappa shape index (κ1) is 13.0. The van der Waals surface area contributed by atoms with Crippen LogP contribution in [0, 0.1) is 11.3 Å². The van der Waals surface area contributed by atoms with Gasteiger partial charge in [0, 0.05) is 28.7 Å². The highest BCUT2D eigenvalue weighted by atomic mass is 15.1. The van der Waals surface area contributed by atoms with E-state index in [9.17, 15) is 0 Å². The molecule has 1 aromatic heterocycles. The molecule has 2 aromatic rings. The highest BCUT2D eigenvalue weighted by Crippen LogP contribution is 2.33. The van der Waals surface area contributed by atoms with Gasteiger partial charge >= 0.3 is 0 Å². The monoisotopic (exact) mass is 265 g/mol. The Bertz CT molecular complexity index is 701. The van der Waals surface area contributed by atoms with Gasteiger partial charge in [0.2, 0.25) is 0 Å². The summed E-state index contributed by atoms with van der Waals surface area (Å²) in [7, 11) is 4.29. The van der Waals surface area contributed by atoms with Crippen molar-refractivity contribution < 1.29 is 0 Å². The quantitative estimate of drug-likeness (QED) is 0.902. The van der Waals surface area contributed by atoms with Gasteiger partial charge in [-0.25, -0.2) is 0 Å². The number of benzene rings is 1. The SMILES string of the molecule is CN(C)[C@H]1CC=C(c2c[nH]c3ccc(C#N)cc23)CC1. The third kappa shape index (κ3) is 2.23. The molecule has 0 unspecified atom stereocenters. The van der Waals surface area contributed by atoms with Gasteiger partial charge in [-0.1, -0.05) is 6.08 Å². The van der Waals surface area contributed by atoms with Crippen molar-refractivity contribution in [1.82, 2.24) is 9.88 Å². The molecule has 1 atom stereocenters. The number of nitriles is 1. The van der Waals surface area contributed by atoms with E-state index in [0.717, 1.165) is 23.9 Å². The third-order valence-electron chi connectivity index (χ3n) is 4.27. The van der Waals surface area contributed by atoms with Crippen molar-refractivity contribution in [2.24, 2.45) is 0 Å². The zero-order chi connectivity index (χ0) is 14.1. The molecule has 3 nitrogen and oxygen atoms in total. The van der Waals surface area contributed by atoms with Crippen LogP contribution in [0.3, 0.4) is 0 Å². The molecule has 0 spiro atoms. The highest BCUT2D eigenvalue weighted by molar-refractivity contribution is 5.93. The van der Waals surface area contributed by atoms with Crippen molar-refractivity contribution in [2.75, 3.05) is 14.1 Å². The van der Waals surface area contributed by atoms with Crippen LogP contribution < -0.4 is 0 Å². The summed E-state index contributed by atoms with van der Waals surface area (Å²) in [5, 5.41) is 10.2. The number of aromatic amines is 1. The van der Waals surface area contributed by atoms with Crippen molar-refractivity contribution in [3.8, 4) is 6.07 Å². The lowest BCUT2D eigenvalue weighted by Gasteiger charge is -2.27. The van der Waals surface area contributed by atoms with E-state index in [1.54, 1.807) is 0 Å². The zero-order valence-corrected chi connectivity index (χ0v) is 12.0. The molecule has 0 bridgehead atoms. The van der Waals surface area contributed by atoms with Crippen LogP contribution in [0.5, 0.6) is 0 Å². The molecule has 0 saturated heterocycles. The van der Waals surface area contributed by atoms with Crippen molar-refractivity contribution in [3.05, 3.63) is 41.6 Å². The van der Waals surface area contributed by atoms with Crippen LogP contribution in [-0.4, -0.2) is 30.0 Å². The molecule has 1 N–H and O–H groups in total. The number of aromatic nitrogens is 1. The minimum Gasteiger partial charge on any atom is -0.361 e. The molecule has 0 amide bonds. The van der Waals surface area contributed by atoms with Gasteiger partial charge in [0.25, 0.3) is 0 Å². The van der Waals surface area contributed by atoms with Gasteiger partial charge in [0.15, 0.2) is 0 Å². The maximum absolute atomic E-state index is 9.05. The normalized spacial score (nSPS) is 19.1. The average Bonchev–Trinajstić information content (AvgIpc) is 2.90. The summed E-state index contributed by atoms with van der Waals surface area (Å²) in [5.41, 5.74) is 4.49. The maximum Gasteiger partial charge on any atom is 0.0991 e. The molecule has 1 aliphatic rings. The smallest absolute Gasteiger partial charge is 0.0991 e. The van der Waals surface area contributed by atoms with E-state index in [4.69, 9.17) is 5.26 Å². The predicted molar refractivity (Wildman–Crippen MR) is 82.3 cm³/mol. The number of nitrogens with zero attached hydrogens (tertiary/aromatic N) is 2. The first-order chi connectivity index (χ1) is 9.69. The lowest BCUT2D eigenvalue weighted by molar-refractivity contribution is 0.278. The number of hydrogen-bond acceptors (Lipinski definition) is 2. The molecule has 1 heterocycles. The molecule has 0 fully saturated rings. The topological polar surface area (TPSA) is 42.8 Å². The minimum absolute atomic E-state index is 0.652. The van der Waals surface area contributed by atoms with Crippen LogP contribution in [0.2, 0.25) is 0 Å². The molecule has 1 aliphatic carbocycles. The predicted octanol–water partition coefficient (Wildman–Crippen LogP) is 3.54. The summed E-state index contributed by atoms with van der Waals surface area (Å²) in [5.74, 6) is 0. The van der Waals surface area contributed by atoms with Crippen LogP contribution in [0.4, 0.5) is 0 Å². The summed E-state index contributed by atoms with van der Waals surface area (Å²) in [6, 6.07) is 8.71. The van der Waals surface area contributed by atoms with Gasteiger partial charge in [-0.3, -0.25) is 0 Å². The number of H-pyrrole nitrogens is 1. The number of rotatable bonds is 2. The van der Waals surface area contributed by atoms with Gasteiger partial charge < -0.3 is 9.88 Å². The Morgan fingerprint density at radius 1 is 1.35 bits per heavy atom. The molecule has 102 valence electrons. The largest absolute Gasteiger partial charge is 0.361 e. The van der Waals surface area contributed by atoms with E-state index in [1.165, 1.54) is 22.9 Å². The number of hydrogen-bond donors (Lipinski definition) is 1. The van der Waals surface area contributed by atoms with E-state index in [-0.39, 0.29) is 0 Å². The Balaban J connectivity index is 1.97. The first-order valence-corrected chi connectivity index (χ1v) is 7.06. The van der Waals surface area contributed by atoms with Gasteiger partial charge in [0.1, 0.15) is 0 Å². The van der Waals surface area contributed by atoms with E-state index < -0.39 is 0 Å². The first-order valence-electron chi connectivity index (χ1n) is 7.06. The number of nitrogens with one attached hydrogen (secondary N) is 1. The summed E-state index contributed by atoms with van der Waals surface area (Å²) >= 11 is 0. The van der Waals surface area contributed by atoms with Crippen LogP contribution in [-0.2, 0) is 0 Å². The maximum atomic E-state index is 9.05. The summed E-state index contributed by atoms with van der Waals surface area (Å²) in [4.78, 5) is 5.61. The van der Waals surface area contributed by atoms with Crippen molar-refractivity contribution in [3.63, 3.8) is 0 Å². The third-order valence-corrected chi connectivity index (χ3v) is 4.27. The molecule has 0 radical (unpaired) electrons. The Labute approximate surface area is 119 Å². The molecule has 3 heteroatoms. The summed E-state index contributed by atoms with van der Waals surface area (Å²) < 4.78 is 0. The zero-order valence-electron chi connectivity index (χ0n) is 12.0. The van der Waals surface area contributed by atoms with Gasteiger partial charge in [0.05, 0.1) is 11.6 Å². The molecule has 1 aromatic carbocycles. The molecule has 20 heavy (non-hydrogen) atoms. The second-order valence-electron chi connectivity index (χ2n) is 5.70. The fourth-order valence-electron chi connectivity index (χ4n) is 2.99. The van der Waals surface area contributed by atoms with Gasteiger partial charge in [-0.2, -0.15) is 5.26 Å². The second kappa shape index (κ2) is 5.15. The molecular formula is C17H19N3. The van der Waals surface area contributed by atoms with Crippen molar-refractivity contribution >= 4 is 16.5 Å². The summed E-state index contributed by atoms with van der Waals surface area (Å²) in [6.07, 6.45) is 7.84. The number of fused-ring (bicyclic) bond motifs is 1. The van der Waals surface area contributed by atoms with Gasteiger partial charge in [-0.15, -0.1) is 0 Å².